The maximum absolute atomic E-state index is 13.0. The zero-order valence-electron chi connectivity index (χ0n) is 13.1. The molecule has 1 saturated heterocycles. The first-order valence-electron chi connectivity index (χ1n) is 7.83. The van der Waals surface area contributed by atoms with Gasteiger partial charge in [-0.3, -0.25) is 19.3 Å². The van der Waals surface area contributed by atoms with Crippen LogP contribution in [0, 0.1) is 0 Å². The molecular formula is C18H14BrN3O3. The Balaban J connectivity index is 1.76. The minimum absolute atomic E-state index is 0.183. The second kappa shape index (κ2) is 5.70. The molecule has 25 heavy (non-hydrogen) atoms. The number of hydrogen-bond donors (Lipinski definition) is 2. The molecule has 0 aromatic heterocycles. The molecule has 0 bridgehead atoms. The van der Waals surface area contributed by atoms with Crippen molar-refractivity contribution in [2.24, 2.45) is 0 Å². The molecule has 4 rings (SSSR count). The highest BCUT2D eigenvalue weighted by atomic mass is 79.9. The van der Waals surface area contributed by atoms with Gasteiger partial charge in [-0.05, 0) is 30.3 Å². The summed E-state index contributed by atoms with van der Waals surface area (Å²) in [6, 6.07) is 14.0. The number of halogens is 1. The number of amides is 3. The smallest absolute Gasteiger partial charge is 0.271 e. The monoisotopic (exact) mass is 399 g/mol. The molecule has 0 radical (unpaired) electrons. The Kier molecular flexibility index (Phi) is 3.61. The van der Waals surface area contributed by atoms with Crippen LogP contribution in [0.2, 0.25) is 0 Å². The fourth-order valence-electron chi connectivity index (χ4n) is 3.37. The number of hydrogen-bond acceptors (Lipinski definition) is 3. The van der Waals surface area contributed by atoms with E-state index in [1.165, 1.54) is 4.90 Å². The zero-order chi connectivity index (χ0) is 17.6. The predicted octanol–water partition coefficient (Wildman–Crippen LogP) is 2.65. The molecule has 2 aromatic carbocycles. The van der Waals surface area contributed by atoms with Crippen molar-refractivity contribution in [3.8, 4) is 0 Å². The van der Waals surface area contributed by atoms with Crippen LogP contribution in [-0.2, 0) is 9.59 Å². The highest BCUT2D eigenvalue weighted by Gasteiger charge is 2.56. The number of benzene rings is 2. The lowest BCUT2D eigenvalue weighted by molar-refractivity contribution is -0.124. The number of carbonyl (C=O) groups excluding carboxylic acids is 3. The van der Waals surface area contributed by atoms with Gasteiger partial charge in [0.1, 0.15) is 0 Å². The number of nitrogens with one attached hydrogen (secondary N) is 2. The van der Waals surface area contributed by atoms with E-state index in [2.05, 4.69) is 26.6 Å². The Bertz CT molecular complexity index is 914. The van der Waals surface area contributed by atoms with Gasteiger partial charge in [0.2, 0.25) is 11.6 Å². The van der Waals surface area contributed by atoms with Gasteiger partial charge in [0, 0.05) is 23.0 Å². The molecule has 1 fully saturated rings. The molecule has 0 saturated carbocycles. The Hall–Kier alpha value is -2.67. The highest BCUT2D eigenvalue weighted by molar-refractivity contribution is 9.10. The Morgan fingerprint density at radius 2 is 1.96 bits per heavy atom. The number of fused-ring (bicyclic) bond motifs is 3. The van der Waals surface area contributed by atoms with Gasteiger partial charge in [-0.2, -0.15) is 0 Å². The normalized spacial score (nSPS) is 21.4. The van der Waals surface area contributed by atoms with Crippen LogP contribution in [0.4, 0.5) is 11.4 Å². The summed E-state index contributed by atoms with van der Waals surface area (Å²) in [7, 11) is 0. The van der Waals surface area contributed by atoms with E-state index in [1.54, 1.807) is 42.5 Å². The summed E-state index contributed by atoms with van der Waals surface area (Å²) in [5.41, 5.74) is 0.0492. The summed E-state index contributed by atoms with van der Waals surface area (Å²) in [5.74, 6) is -0.970. The van der Waals surface area contributed by atoms with Crippen LogP contribution in [0.15, 0.2) is 53.0 Å². The summed E-state index contributed by atoms with van der Waals surface area (Å²) in [4.78, 5) is 39.5. The molecule has 2 aliphatic rings. The second-order valence-electron chi connectivity index (χ2n) is 6.03. The standard InChI is InChI=1S/C18H14BrN3O3/c19-11-4-3-5-12(10-11)20-17(25)18-9-8-15(23)22(18)14-7-2-1-6-13(14)16(24)21-18/h1-7,10H,8-9H2,(H,20,25)(H,21,24). The largest absolute Gasteiger partial charge is 0.322 e. The fraction of sp³-hybridized carbons (Fsp3) is 0.167. The van der Waals surface area contributed by atoms with Gasteiger partial charge in [0.25, 0.3) is 11.8 Å². The van der Waals surface area contributed by atoms with E-state index < -0.39 is 11.6 Å². The molecule has 1 unspecified atom stereocenters. The molecule has 0 aliphatic carbocycles. The molecule has 1 atom stereocenters. The lowest BCUT2D eigenvalue weighted by Gasteiger charge is -2.41. The van der Waals surface area contributed by atoms with Crippen LogP contribution in [0.1, 0.15) is 23.2 Å². The van der Waals surface area contributed by atoms with Gasteiger partial charge >= 0.3 is 0 Å². The van der Waals surface area contributed by atoms with Crippen molar-refractivity contribution in [1.29, 1.82) is 0 Å². The SMILES string of the molecule is O=C1NC2(C(=O)Nc3cccc(Br)c3)CCC(=O)N2c2ccccc21. The van der Waals surface area contributed by atoms with E-state index in [0.717, 1.165) is 4.47 Å². The number of para-hydroxylation sites is 1. The lowest BCUT2D eigenvalue weighted by Crippen LogP contribution is -2.68. The molecule has 6 nitrogen and oxygen atoms in total. The van der Waals surface area contributed by atoms with E-state index in [1.807, 2.05) is 6.07 Å². The number of carbonyl (C=O) groups is 3. The average Bonchev–Trinajstić information content (AvgIpc) is 2.93. The summed E-state index contributed by atoms with van der Waals surface area (Å²) >= 11 is 3.36. The van der Waals surface area contributed by atoms with E-state index in [9.17, 15) is 14.4 Å². The third kappa shape index (κ3) is 2.42. The van der Waals surface area contributed by atoms with Crippen molar-refractivity contribution in [3.63, 3.8) is 0 Å². The van der Waals surface area contributed by atoms with Crippen LogP contribution >= 0.6 is 15.9 Å². The number of nitrogens with zero attached hydrogens (tertiary/aromatic N) is 1. The molecule has 2 aliphatic heterocycles. The zero-order valence-corrected chi connectivity index (χ0v) is 14.7. The molecule has 0 spiro atoms. The summed E-state index contributed by atoms with van der Waals surface area (Å²) in [5, 5.41) is 5.56. The van der Waals surface area contributed by atoms with E-state index in [4.69, 9.17) is 0 Å². The minimum Gasteiger partial charge on any atom is -0.322 e. The van der Waals surface area contributed by atoms with Gasteiger partial charge < -0.3 is 10.6 Å². The second-order valence-corrected chi connectivity index (χ2v) is 6.94. The molecular weight excluding hydrogens is 386 g/mol. The van der Waals surface area contributed by atoms with Crippen molar-refractivity contribution in [2.75, 3.05) is 10.2 Å². The Labute approximate surface area is 152 Å². The first-order valence-corrected chi connectivity index (χ1v) is 8.62. The van der Waals surface area contributed by atoms with E-state index in [-0.39, 0.29) is 24.7 Å². The maximum atomic E-state index is 13.0. The van der Waals surface area contributed by atoms with Gasteiger partial charge in [0.05, 0.1) is 11.3 Å². The van der Waals surface area contributed by atoms with Crippen LogP contribution in [0.3, 0.4) is 0 Å². The average molecular weight is 400 g/mol. The molecule has 3 amide bonds. The summed E-state index contributed by atoms with van der Waals surface area (Å²) in [6.07, 6.45) is 0.423. The number of anilines is 2. The summed E-state index contributed by atoms with van der Waals surface area (Å²) in [6.45, 7) is 0. The fourth-order valence-corrected chi connectivity index (χ4v) is 3.77. The first-order chi connectivity index (χ1) is 12.0. The molecule has 2 aromatic rings. The molecule has 2 heterocycles. The van der Waals surface area contributed by atoms with Gasteiger partial charge in [-0.1, -0.05) is 34.1 Å². The first kappa shape index (κ1) is 15.8. The number of rotatable bonds is 2. The van der Waals surface area contributed by atoms with E-state index in [0.29, 0.717) is 16.9 Å². The third-order valence-electron chi connectivity index (χ3n) is 4.50. The quantitative estimate of drug-likeness (QED) is 0.814. The van der Waals surface area contributed by atoms with Crippen molar-refractivity contribution in [3.05, 3.63) is 58.6 Å². The van der Waals surface area contributed by atoms with Gasteiger partial charge in [0.15, 0.2) is 0 Å². The third-order valence-corrected chi connectivity index (χ3v) is 4.99. The highest BCUT2D eigenvalue weighted by Crippen LogP contribution is 2.39. The maximum Gasteiger partial charge on any atom is 0.271 e. The van der Waals surface area contributed by atoms with Gasteiger partial charge in [-0.25, -0.2) is 0 Å². The Morgan fingerprint density at radius 1 is 1.16 bits per heavy atom. The van der Waals surface area contributed by atoms with Crippen LogP contribution in [-0.4, -0.2) is 23.4 Å². The molecule has 126 valence electrons. The van der Waals surface area contributed by atoms with Gasteiger partial charge in [-0.15, -0.1) is 0 Å². The van der Waals surface area contributed by atoms with Crippen LogP contribution in [0.5, 0.6) is 0 Å². The molecule has 7 heteroatoms. The van der Waals surface area contributed by atoms with Crippen LogP contribution in [0.25, 0.3) is 0 Å². The van der Waals surface area contributed by atoms with Crippen molar-refractivity contribution >= 4 is 45.0 Å². The van der Waals surface area contributed by atoms with E-state index >= 15 is 0 Å². The van der Waals surface area contributed by atoms with Crippen LogP contribution < -0.4 is 15.5 Å². The predicted molar refractivity (Wildman–Crippen MR) is 96.1 cm³/mol. The minimum atomic E-state index is -1.40. The lowest BCUT2D eigenvalue weighted by atomic mass is 9.98. The topological polar surface area (TPSA) is 78.5 Å². The van der Waals surface area contributed by atoms with Crippen molar-refractivity contribution in [1.82, 2.24) is 5.32 Å². The summed E-state index contributed by atoms with van der Waals surface area (Å²) < 4.78 is 0.820. The van der Waals surface area contributed by atoms with Crippen molar-refractivity contribution < 1.29 is 14.4 Å². The van der Waals surface area contributed by atoms with Crippen molar-refractivity contribution in [2.45, 2.75) is 18.5 Å². The molecule has 2 N–H and O–H groups in total. The Morgan fingerprint density at radius 3 is 2.76 bits per heavy atom.